The Morgan fingerprint density at radius 1 is 1.14 bits per heavy atom. The Labute approximate surface area is 249 Å². The third kappa shape index (κ3) is 5.28. The third-order valence-electron chi connectivity index (χ3n) is 9.23. The summed E-state index contributed by atoms with van der Waals surface area (Å²) in [6, 6.07) is 9.64. The van der Waals surface area contributed by atoms with Crippen molar-refractivity contribution < 1.29 is 18.7 Å². The first-order chi connectivity index (χ1) is 21.0. The Hall–Kier alpha value is -4.21. The van der Waals surface area contributed by atoms with Crippen LogP contribution in [0.2, 0.25) is 0 Å². The van der Waals surface area contributed by atoms with Gasteiger partial charge in [-0.1, -0.05) is 0 Å². The van der Waals surface area contributed by atoms with Gasteiger partial charge in [-0.25, -0.2) is 14.4 Å². The number of nitrogens with zero attached hydrogens (tertiary/aromatic N) is 7. The van der Waals surface area contributed by atoms with Gasteiger partial charge in [-0.15, -0.1) is 10.2 Å². The lowest BCUT2D eigenvalue weighted by atomic mass is 9.72. The SMILES string of the molecule is CO[C@H]1CCN[C@@H]1C(=O)N1CCC2(CC1)CN(c1ncnnc1Oc1ccc(F)cc1-c1ccc(C#N)nc1C1CC1)C2. The van der Waals surface area contributed by atoms with Gasteiger partial charge in [0, 0.05) is 55.7 Å². The normalized spacial score (nSPS) is 22.7. The summed E-state index contributed by atoms with van der Waals surface area (Å²) in [5.74, 6) is 1.20. The van der Waals surface area contributed by atoms with E-state index in [4.69, 9.17) is 9.47 Å². The van der Waals surface area contributed by atoms with Crippen molar-refractivity contribution in [2.45, 2.75) is 50.2 Å². The van der Waals surface area contributed by atoms with Crippen LogP contribution in [0.4, 0.5) is 10.2 Å². The number of aromatic nitrogens is 4. The molecule has 1 saturated carbocycles. The second-order valence-corrected chi connectivity index (χ2v) is 12.0. The number of rotatable bonds is 7. The minimum absolute atomic E-state index is 0.0682. The minimum atomic E-state index is -0.401. The van der Waals surface area contributed by atoms with Gasteiger partial charge in [0.1, 0.15) is 35.7 Å². The van der Waals surface area contributed by atoms with Crippen molar-refractivity contribution in [2.75, 3.05) is 44.7 Å². The van der Waals surface area contributed by atoms with E-state index in [9.17, 15) is 14.4 Å². The van der Waals surface area contributed by atoms with Crippen LogP contribution in [0, 0.1) is 22.6 Å². The number of nitrogens with one attached hydrogen (secondary N) is 1. The predicted octanol–water partition coefficient (Wildman–Crippen LogP) is 3.42. The summed E-state index contributed by atoms with van der Waals surface area (Å²) in [6.07, 6.45) is 5.96. The van der Waals surface area contributed by atoms with Crippen LogP contribution in [0.25, 0.3) is 11.1 Å². The number of piperidine rings is 1. The van der Waals surface area contributed by atoms with E-state index in [1.807, 2.05) is 11.0 Å². The van der Waals surface area contributed by atoms with E-state index in [1.165, 1.54) is 18.5 Å². The summed E-state index contributed by atoms with van der Waals surface area (Å²) in [4.78, 5) is 26.3. The monoisotopic (exact) mass is 584 g/mol. The number of halogens is 1. The van der Waals surface area contributed by atoms with Crippen molar-refractivity contribution in [3.8, 4) is 28.8 Å². The van der Waals surface area contributed by atoms with Crippen LogP contribution in [-0.4, -0.2) is 83.0 Å². The Balaban J connectivity index is 1.07. The molecule has 4 fully saturated rings. The van der Waals surface area contributed by atoms with Crippen LogP contribution in [0.3, 0.4) is 0 Å². The van der Waals surface area contributed by atoms with E-state index in [0.29, 0.717) is 35.9 Å². The number of anilines is 1. The highest BCUT2D eigenvalue weighted by atomic mass is 19.1. The van der Waals surface area contributed by atoms with Gasteiger partial charge in [-0.05, 0) is 69.0 Å². The summed E-state index contributed by atoms with van der Waals surface area (Å²) >= 11 is 0. The standard InChI is InChI=1S/C31H33FN8O3/c1-42-25-8-11-34-27(25)30(41)39-12-9-31(10-13-39)16-40(17-31)28-29(38-36-18-35-28)43-24-7-4-20(32)14-23(24)22-6-5-21(15-33)37-26(22)19-2-3-19/h4-7,14,18-19,25,27,34H,2-3,8-13,16-17H2,1H3/t25-,27-/m0/s1. The molecule has 1 spiro atoms. The van der Waals surface area contributed by atoms with Crippen molar-refractivity contribution in [3.05, 3.63) is 53.9 Å². The summed E-state index contributed by atoms with van der Waals surface area (Å²) in [6.45, 7) is 3.77. The maximum absolute atomic E-state index is 14.5. The molecule has 2 aromatic heterocycles. The molecule has 7 rings (SSSR count). The first kappa shape index (κ1) is 27.6. The number of nitriles is 1. The highest BCUT2D eigenvalue weighted by Gasteiger charge is 2.48. The molecule has 3 aliphatic heterocycles. The number of benzene rings is 1. The molecule has 43 heavy (non-hydrogen) atoms. The minimum Gasteiger partial charge on any atom is -0.434 e. The van der Waals surface area contributed by atoms with E-state index in [2.05, 4.69) is 36.5 Å². The van der Waals surface area contributed by atoms with Crippen LogP contribution in [-0.2, 0) is 9.53 Å². The zero-order valence-corrected chi connectivity index (χ0v) is 24.0. The smallest absolute Gasteiger partial charge is 0.282 e. The fourth-order valence-electron chi connectivity index (χ4n) is 6.69. The highest BCUT2D eigenvalue weighted by molar-refractivity contribution is 5.83. The molecule has 1 aliphatic carbocycles. The van der Waals surface area contributed by atoms with Crippen LogP contribution in [0.5, 0.6) is 11.6 Å². The molecule has 3 aromatic rings. The topological polar surface area (TPSA) is 129 Å². The molecular formula is C31H33FN8O3. The summed E-state index contributed by atoms with van der Waals surface area (Å²) in [5.41, 5.74) is 2.49. The van der Waals surface area contributed by atoms with E-state index in [1.54, 1.807) is 19.2 Å². The average Bonchev–Trinajstić information content (AvgIpc) is 3.76. The second-order valence-electron chi connectivity index (χ2n) is 12.0. The van der Waals surface area contributed by atoms with E-state index < -0.39 is 5.82 Å². The Kier molecular flexibility index (Phi) is 7.15. The van der Waals surface area contributed by atoms with Gasteiger partial charge in [-0.2, -0.15) is 5.26 Å². The number of hydrogen-bond acceptors (Lipinski definition) is 10. The molecule has 0 unspecified atom stereocenters. The quantitative estimate of drug-likeness (QED) is 0.441. The number of carbonyl (C=O) groups is 1. The molecule has 5 heterocycles. The Bertz CT molecular complexity index is 1580. The molecule has 0 bridgehead atoms. The number of pyridine rings is 1. The van der Waals surface area contributed by atoms with Gasteiger partial charge >= 0.3 is 0 Å². The van der Waals surface area contributed by atoms with Gasteiger partial charge in [0.05, 0.1) is 11.8 Å². The van der Waals surface area contributed by atoms with Crippen LogP contribution in [0.15, 0.2) is 36.7 Å². The number of methoxy groups -OCH3 is 1. The summed E-state index contributed by atoms with van der Waals surface area (Å²) < 4.78 is 26.4. The van der Waals surface area contributed by atoms with Crippen molar-refractivity contribution in [2.24, 2.45) is 5.41 Å². The Morgan fingerprint density at radius 2 is 1.95 bits per heavy atom. The van der Waals surface area contributed by atoms with Crippen molar-refractivity contribution in [1.82, 2.24) is 30.4 Å². The molecular weight excluding hydrogens is 551 g/mol. The first-order valence-corrected chi connectivity index (χ1v) is 14.8. The van der Waals surface area contributed by atoms with Gasteiger partial charge in [0.15, 0.2) is 5.82 Å². The second kappa shape index (κ2) is 11.1. The molecule has 0 radical (unpaired) electrons. The first-order valence-electron chi connectivity index (χ1n) is 14.8. The van der Waals surface area contributed by atoms with Crippen molar-refractivity contribution in [1.29, 1.82) is 5.26 Å². The van der Waals surface area contributed by atoms with Crippen molar-refractivity contribution in [3.63, 3.8) is 0 Å². The predicted molar refractivity (Wildman–Crippen MR) is 154 cm³/mol. The number of hydrogen-bond donors (Lipinski definition) is 1. The van der Waals surface area contributed by atoms with Gasteiger partial charge < -0.3 is 24.6 Å². The molecule has 3 saturated heterocycles. The molecule has 11 nitrogen and oxygen atoms in total. The van der Waals surface area contributed by atoms with Crippen LogP contribution < -0.4 is 15.0 Å². The fourth-order valence-corrected chi connectivity index (χ4v) is 6.69. The maximum atomic E-state index is 14.5. The molecule has 222 valence electrons. The third-order valence-corrected chi connectivity index (χ3v) is 9.23. The average molecular weight is 585 g/mol. The van der Waals surface area contributed by atoms with Crippen molar-refractivity contribution >= 4 is 11.7 Å². The molecule has 4 aliphatic rings. The van der Waals surface area contributed by atoms with E-state index >= 15 is 0 Å². The summed E-state index contributed by atoms with van der Waals surface area (Å²) in [7, 11) is 1.67. The fraction of sp³-hybridized carbons (Fsp3) is 0.484. The largest absolute Gasteiger partial charge is 0.434 e. The number of likely N-dealkylation sites (tertiary alicyclic amines) is 1. The molecule has 1 amide bonds. The zero-order valence-electron chi connectivity index (χ0n) is 24.0. The molecule has 1 N–H and O–H groups in total. The molecule has 12 heteroatoms. The van der Waals surface area contributed by atoms with Gasteiger partial charge in [0.25, 0.3) is 5.88 Å². The van der Waals surface area contributed by atoms with Gasteiger partial charge in [0.2, 0.25) is 5.91 Å². The number of carbonyl (C=O) groups excluding carboxylic acids is 1. The summed E-state index contributed by atoms with van der Waals surface area (Å²) in [5, 5.41) is 20.9. The molecule has 1 aromatic carbocycles. The molecule has 2 atom stereocenters. The van der Waals surface area contributed by atoms with Crippen LogP contribution >= 0.6 is 0 Å². The lowest BCUT2D eigenvalue weighted by molar-refractivity contribution is -0.138. The Morgan fingerprint density at radius 3 is 2.70 bits per heavy atom. The van der Waals surface area contributed by atoms with E-state index in [0.717, 1.165) is 63.0 Å². The zero-order chi connectivity index (χ0) is 29.6. The van der Waals surface area contributed by atoms with E-state index in [-0.39, 0.29) is 35.3 Å². The number of amides is 1. The highest BCUT2D eigenvalue weighted by Crippen LogP contribution is 2.47. The maximum Gasteiger partial charge on any atom is 0.282 e. The van der Waals surface area contributed by atoms with Crippen LogP contribution in [0.1, 0.15) is 49.4 Å². The lowest BCUT2D eigenvalue weighted by Gasteiger charge is -2.54. The number of ether oxygens (including phenoxy) is 2. The van der Waals surface area contributed by atoms with Gasteiger partial charge in [-0.3, -0.25) is 4.79 Å². The lowest BCUT2D eigenvalue weighted by Crippen LogP contribution is -2.62.